The second-order valence-electron chi connectivity index (χ2n) is 5.67. The SMILES string of the molecule is CN(C)CC(=O)N/N=C/c1c(-c2ccc(Cl)cc2)nc2n1CCS2. The number of likely N-dealkylation sites (N-methyl/N-ethyl adjacent to an activating group) is 1. The smallest absolute Gasteiger partial charge is 0.254 e. The molecule has 0 spiro atoms. The molecule has 1 N–H and O–H groups in total. The van der Waals surface area contributed by atoms with Crippen molar-refractivity contribution in [2.75, 3.05) is 26.4 Å². The van der Waals surface area contributed by atoms with Crippen molar-refractivity contribution in [2.24, 2.45) is 5.10 Å². The summed E-state index contributed by atoms with van der Waals surface area (Å²) in [5.74, 6) is 0.844. The minimum Gasteiger partial charge on any atom is -0.317 e. The highest BCUT2D eigenvalue weighted by atomic mass is 35.5. The van der Waals surface area contributed by atoms with Crippen molar-refractivity contribution in [2.45, 2.75) is 11.7 Å². The zero-order valence-corrected chi connectivity index (χ0v) is 15.1. The number of carbonyl (C=O) groups excluding carboxylic acids is 1. The number of aromatic nitrogens is 2. The normalized spacial score (nSPS) is 13.7. The number of fused-ring (bicyclic) bond motifs is 1. The van der Waals surface area contributed by atoms with E-state index in [0.29, 0.717) is 11.6 Å². The van der Waals surface area contributed by atoms with Crippen LogP contribution in [0.2, 0.25) is 5.02 Å². The number of nitrogens with one attached hydrogen (secondary N) is 1. The van der Waals surface area contributed by atoms with E-state index in [-0.39, 0.29) is 5.91 Å². The van der Waals surface area contributed by atoms with Crippen LogP contribution in [0.25, 0.3) is 11.3 Å². The summed E-state index contributed by atoms with van der Waals surface area (Å²) in [5, 5.41) is 5.76. The quantitative estimate of drug-likeness (QED) is 0.654. The van der Waals surface area contributed by atoms with Gasteiger partial charge in [-0.2, -0.15) is 5.10 Å². The summed E-state index contributed by atoms with van der Waals surface area (Å²) in [5.41, 5.74) is 5.26. The Balaban J connectivity index is 1.86. The second kappa shape index (κ2) is 7.38. The predicted octanol–water partition coefficient (Wildman–Crippen LogP) is 2.32. The Morgan fingerprint density at radius 1 is 1.46 bits per heavy atom. The largest absolute Gasteiger partial charge is 0.317 e. The van der Waals surface area contributed by atoms with E-state index in [0.717, 1.165) is 34.4 Å². The molecule has 3 rings (SSSR count). The first-order valence-electron chi connectivity index (χ1n) is 7.50. The molecule has 0 bridgehead atoms. The third-order valence-electron chi connectivity index (χ3n) is 3.47. The van der Waals surface area contributed by atoms with Gasteiger partial charge in [-0.15, -0.1) is 0 Å². The van der Waals surface area contributed by atoms with Crippen LogP contribution in [0.5, 0.6) is 0 Å². The predicted molar refractivity (Wildman–Crippen MR) is 97.7 cm³/mol. The lowest BCUT2D eigenvalue weighted by molar-refractivity contribution is -0.121. The number of rotatable bonds is 5. The molecule has 1 aliphatic heterocycles. The minimum atomic E-state index is -0.153. The average molecular weight is 364 g/mol. The van der Waals surface area contributed by atoms with Gasteiger partial charge in [0, 0.05) is 22.9 Å². The van der Waals surface area contributed by atoms with Crippen LogP contribution < -0.4 is 5.43 Å². The third-order valence-corrected chi connectivity index (χ3v) is 4.68. The zero-order chi connectivity index (χ0) is 17.1. The molecule has 0 saturated carbocycles. The molecule has 0 radical (unpaired) electrons. The molecule has 2 heterocycles. The van der Waals surface area contributed by atoms with Gasteiger partial charge in [0.05, 0.1) is 24.1 Å². The summed E-state index contributed by atoms with van der Waals surface area (Å²) >= 11 is 7.69. The van der Waals surface area contributed by atoms with Crippen LogP contribution in [0.15, 0.2) is 34.5 Å². The lowest BCUT2D eigenvalue weighted by atomic mass is 10.1. The molecular weight excluding hydrogens is 346 g/mol. The molecule has 0 aliphatic carbocycles. The molecule has 1 amide bonds. The van der Waals surface area contributed by atoms with Crippen molar-refractivity contribution >= 4 is 35.5 Å². The van der Waals surface area contributed by atoms with Crippen molar-refractivity contribution < 1.29 is 4.79 Å². The summed E-state index contributed by atoms with van der Waals surface area (Å²) in [6.07, 6.45) is 1.67. The van der Waals surface area contributed by atoms with Crippen LogP contribution in [0, 0.1) is 0 Å². The number of halogens is 1. The van der Waals surface area contributed by atoms with Crippen LogP contribution in [-0.2, 0) is 11.3 Å². The molecule has 0 unspecified atom stereocenters. The first-order valence-corrected chi connectivity index (χ1v) is 8.87. The molecule has 6 nitrogen and oxygen atoms in total. The van der Waals surface area contributed by atoms with E-state index in [1.165, 1.54) is 0 Å². The summed E-state index contributed by atoms with van der Waals surface area (Å²) in [6, 6.07) is 7.56. The summed E-state index contributed by atoms with van der Waals surface area (Å²) in [7, 11) is 3.67. The van der Waals surface area contributed by atoms with Crippen molar-refractivity contribution in [1.82, 2.24) is 19.9 Å². The first kappa shape index (κ1) is 17.0. The van der Waals surface area contributed by atoms with Crippen molar-refractivity contribution in [3.63, 3.8) is 0 Å². The van der Waals surface area contributed by atoms with Crippen molar-refractivity contribution in [3.05, 3.63) is 35.0 Å². The number of hydrogen-bond acceptors (Lipinski definition) is 5. The lowest BCUT2D eigenvalue weighted by Gasteiger charge is -2.07. The van der Waals surface area contributed by atoms with Crippen molar-refractivity contribution in [3.8, 4) is 11.3 Å². The summed E-state index contributed by atoms with van der Waals surface area (Å²) in [4.78, 5) is 18.2. The van der Waals surface area contributed by atoms with Gasteiger partial charge in [-0.1, -0.05) is 35.5 Å². The summed E-state index contributed by atoms with van der Waals surface area (Å²) in [6.45, 7) is 1.18. The van der Waals surface area contributed by atoms with Crippen LogP contribution in [0.1, 0.15) is 5.69 Å². The Morgan fingerprint density at radius 3 is 2.92 bits per heavy atom. The van der Waals surface area contributed by atoms with Gasteiger partial charge in [-0.05, 0) is 26.2 Å². The van der Waals surface area contributed by atoms with E-state index in [1.54, 1.807) is 22.9 Å². The van der Waals surface area contributed by atoms with E-state index in [9.17, 15) is 4.79 Å². The average Bonchev–Trinajstić information content (AvgIpc) is 3.09. The molecule has 126 valence electrons. The molecule has 24 heavy (non-hydrogen) atoms. The molecule has 0 saturated heterocycles. The number of amides is 1. The Morgan fingerprint density at radius 2 is 2.21 bits per heavy atom. The van der Waals surface area contributed by atoms with Crippen molar-refractivity contribution in [1.29, 1.82) is 0 Å². The highest BCUT2D eigenvalue weighted by molar-refractivity contribution is 7.99. The molecule has 0 fully saturated rings. The number of nitrogens with zero attached hydrogens (tertiary/aromatic N) is 4. The number of benzene rings is 1. The third kappa shape index (κ3) is 3.80. The number of thioether (sulfide) groups is 1. The van der Waals surface area contributed by atoms with Gasteiger partial charge >= 0.3 is 0 Å². The van der Waals surface area contributed by atoms with E-state index in [1.807, 2.05) is 38.4 Å². The Hall–Kier alpha value is -1.83. The topological polar surface area (TPSA) is 62.5 Å². The first-order chi connectivity index (χ1) is 11.5. The molecule has 2 aromatic rings. The highest BCUT2D eigenvalue weighted by Gasteiger charge is 2.21. The minimum absolute atomic E-state index is 0.153. The fourth-order valence-corrected chi connectivity index (χ4v) is 3.52. The molecule has 0 atom stereocenters. The maximum absolute atomic E-state index is 11.7. The number of carbonyl (C=O) groups is 1. The number of hydrazone groups is 1. The molecular formula is C16H18ClN5OS. The molecule has 1 aromatic carbocycles. The van der Waals surface area contributed by atoms with Gasteiger partial charge in [0.1, 0.15) is 0 Å². The Bertz CT molecular complexity index is 770. The molecule has 1 aromatic heterocycles. The summed E-state index contributed by atoms with van der Waals surface area (Å²) < 4.78 is 2.12. The fraction of sp³-hybridized carbons (Fsp3) is 0.312. The standard InChI is InChI=1S/C16H18ClN5OS/c1-21(2)10-14(23)20-18-9-13-15(11-3-5-12(17)6-4-11)19-16-22(13)7-8-24-16/h3-6,9H,7-8,10H2,1-2H3,(H,20,23)/b18-9+. The van der Waals surface area contributed by atoms with E-state index < -0.39 is 0 Å². The maximum atomic E-state index is 11.7. The van der Waals surface area contributed by atoms with Gasteiger partial charge in [0.2, 0.25) is 0 Å². The maximum Gasteiger partial charge on any atom is 0.254 e. The highest BCUT2D eigenvalue weighted by Crippen LogP contribution is 2.32. The Labute approximate surface area is 149 Å². The van der Waals surface area contributed by atoms with Gasteiger partial charge in [0.25, 0.3) is 5.91 Å². The zero-order valence-electron chi connectivity index (χ0n) is 13.5. The molecule has 8 heteroatoms. The van der Waals surface area contributed by atoms with E-state index >= 15 is 0 Å². The molecule has 1 aliphatic rings. The van der Waals surface area contributed by atoms with Crippen LogP contribution in [0.3, 0.4) is 0 Å². The van der Waals surface area contributed by atoms with E-state index in [4.69, 9.17) is 16.6 Å². The second-order valence-corrected chi connectivity index (χ2v) is 7.16. The van der Waals surface area contributed by atoms with Gasteiger partial charge in [0.15, 0.2) is 5.16 Å². The van der Waals surface area contributed by atoms with E-state index in [2.05, 4.69) is 15.1 Å². The Kier molecular flexibility index (Phi) is 5.23. The van der Waals surface area contributed by atoms with Gasteiger partial charge < -0.3 is 9.47 Å². The number of imidazole rings is 1. The van der Waals surface area contributed by atoms with Gasteiger partial charge in [-0.3, -0.25) is 4.79 Å². The fourth-order valence-electron chi connectivity index (χ4n) is 2.44. The van der Waals surface area contributed by atoms with Crippen LogP contribution in [0.4, 0.5) is 0 Å². The number of hydrogen-bond donors (Lipinski definition) is 1. The monoisotopic (exact) mass is 363 g/mol. The van der Waals surface area contributed by atoms with Crippen LogP contribution in [-0.4, -0.2) is 53.0 Å². The lowest BCUT2D eigenvalue weighted by Crippen LogP contribution is -2.30. The van der Waals surface area contributed by atoms with Gasteiger partial charge in [-0.25, -0.2) is 10.4 Å². The van der Waals surface area contributed by atoms with Crippen LogP contribution >= 0.6 is 23.4 Å².